The van der Waals surface area contributed by atoms with Crippen LogP contribution >= 0.6 is 15.9 Å². The van der Waals surface area contributed by atoms with Crippen LogP contribution in [0, 0.1) is 5.82 Å². The molecule has 0 unspecified atom stereocenters. The van der Waals surface area contributed by atoms with Gasteiger partial charge in [-0.25, -0.2) is 9.45 Å². The summed E-state index contributed by atoms with van der Waals surface area (Å²) in [6.07, 6.45) is 0. The van der Waals surface area contributed by atoms with Crippen LogP contribution in [0.3, 0.4) is 0 Å². The normalized spacial score (nSPS) is 10.0. The molecule has 0 saturated heterocycles. The van der Waals surface area contributed by atoms with Crippen molar-refractivity contribution in [3.05, 3.63) is 34.1 Å². The molecule has 76 valence electrons. The second-order valence-corrected chi connectivity index (χ2v) is 3.44. The molecule has 0 heterocycles. The number of halogens is 2. The van der Waals surface area contributed by atoms with Gasteiger partial charge in [0.15, 0.2) is 0 Å². The van der Waals surface area contributed by atoms with Gasteiger partial charge in [-0.3, -0.25) is 9.63 Å². The average molecular weight is 262 g/mol. The largest absolute Gasteiger partial charge is 0.281 e. The molecule has 1 rings (SSSR count). The standard InChI is InChI=1S/C9H9BrFNO2/c1-12(14-2)9(13)8-6(10)4-3-5-7(8)11/h3-5H,1-2H3. The lowest BCUT2D eigenvalue weighted by atomic mass is 10.2. The summed E-state index contributed by atoms with van der Waals surface area (Å²) in [5.41, 5.74) is -0.0307. The van der Waals surface area contributed by atoms with Crippen LogP contribution in [-0.4, -0.2) is 25.1 Å². The topological polar surface area (TPSA) is 29.5 Å². The molecule has 0 N–H and O–H groups in total. The van der Waals surface area contributed by atoms with Gasteiger partial charge in [-0.2, -0.15) is 0 Å². The fraction of sp³-hybridized carbons (Fsp3) is 0.222. The van der Waals surface area contributed by atoms with E-state index in [1.165, 1.54) is 26.3 Å². The third-order valence-electron chi connectivity index (χ3n) is 1.74. The van der Waals surface area contributed by atoms with Gasteiger partial charge in [-0.15, -0.1) is 0 Å². The van der Waals surface area contributed by atoms with E-state index >= 15 is 0 Å². The Labute approximate surface area is 89.5 Å². The Morgan fingerprint density at radius 3 is 2.71 bits per heavy atom. The Bertz CT molecular complexity index is 336. The summed E-state index contributed by atoms with van der Waals surface area (Å²) in [6.45, 7) is 0. The van der Waals surface area contributed by atoms with Crippen LogP contribution in [0.25, 0.3) is 0 Å². The minimum absolute atomic E-state index is 0.0307. The number of benzene rings is 1. The summed E-state index contributed by atoms with van der Waals surface area (Å²) in [4.78, 5) is 16.2. The van der Waals surface area contributed by atoms with E-state index in [0.29, 0.717) is 4.47 Å². The van der Waals surface area contributed by atoms with Crippen molar-refractivity contribution in [2.45, 2.75) is 0 Å². The summed E-state index contributed by atoms with van der Waals surface area (Å²) in [5.74, 6) is -1.11. The lowest BCUT2D eigenvalue weighted by molar-refractivity contribution is -0.0760. The Kier molecular flexibility index (Phi) is 3.60. The Morgan fingerprint density at radius 2 is 2.21 bits per heavy atom. The molecule has 3 nitrogen and oxygen atoms in total. The third kappa shape index (κ3) is 2.10. The van der Waals surface area contributed by atoms with Crippen LogP contribution in [0.1, 0.15) is 10.4 Å². The van der Waals surface area contributed by atoms with E-state index in [9.17, 15) is 9.18 Å². The van der Waals surface area contributed by atoms with Gasteiger partial charge in [0, 0.05) is 11.5 Å². The number of hydrogen-bond donors (Lipinski definition) is 0. The van der Waals surface area contributed by atoms with Crippen molar-refractivity contribution in [2.24, 2.45) is 0 Å². The molecule has 0 radical (unpaired) electrons. The van der Waals surface area contributed by atoms with Gasteiger partial charge in [-0.1, -0.05) is 6.07 Å². The molecule has 1 amide bonds. The number of rotatable bonds is 2. The smallest absolute Gasteiger partial charge is 0.274 e. The minimum Gasteiger partial charge on any atom is -0.274 e. The van der Waals surface area contributed by atoms with Crippen molar-refractivity contribution in [3.63, 3.8) is 0 Å². The molecule has 0 bridgehead atoms. The molecule has 0 saturated carbocycles. The van der Waals surface area contributed by atoms with Crippen LogP contribution < -0.4 is 0 Å². The first-order valence-corrected chi connectivity index (χ1v) is 4.63. The van der Waals surface area contributed by atoms with Crippen LogP contribution in [0.4, 0.5) is 4.39 Å². The maximum Gasteiger partial charge on any atom is 0.281 e. The molecule has 0 atom stereocenters. The highest BCUT2D eigenvalue weighted by Gasteiger charge is 2.18. The van der Waals surface area contributed by atoms with Crippen LogP contribution in [0.15, 0.2) is 22.7 Å². The van der Waals surface area contributed by atoms with Gasteiger partial charge in [0.05, 0.1) is 12.7 Å². The predicted octanol–water partition coefficient (Wildman–Crippen LogP) is 2.22. The highest BCUT2D eigenvalue weighted by molar-refractivity contribution is 9.10. The second kappa shape index (κ2) is 4.52. The number of hydroxylamine groups is 2. The van der Waals surface area contributed by atoms with Gasteiger partial charge in [-0.05, 0) is 28.1 Å². The Balaban J connectivity index is 3.12. The highest BCUT2D eigenvalue weighted by Crippen LogP contribution is 2.20. The molecular weight excluding hydrogens is 253 g/mol. The zero-order valence-electron chi connectivity index (χ0n) is 7.75. The molecule has 0 spiro atoms. The zero-order chi connectivity index (χ0) is 10.7. The van der Waals surface area contributed by atoms with Gasteiger partial charge in [0.25, 0.3) is 5.91 Å². The molecule has 1 aromatic carbocycles. The van der Waals surface area contributed by atoms with Crippen molar-refractivity contribution < 1.29 is 14.0 Å². The van der Waals surface area contributed by atoms with Crippen molar-refractivity contribution in [2.75, 3.05) is 14.2 Å². The monoisotopic (exact) mass is 261 g/mol. The Hall–Kier alpha value is -0.940. The molecule has 0 fully saturated rings. The number of hydrogen-bond acceptors (Lipinski definition) is 2. The third-order valence-corrected chi connectivity index (χ3v) is 2.40. The lowest BCUT2D eigenvalue weighted by Gasteiger charge is -2.14. The van der Waals surface area contributed by atoms with Gasteiger partial charge < -0.3 is 0 Å². The summed E-state index contributed by atoms with van der Waals surface area (Å²) >= 11 is 3.10. The molecule has 1 aromatic rings. The number of carbonyl (C=O) groups is 1. The van der Waals surface area contributed by atoms with E-state index in [2.05, 4.69) is 20.8 Å². The summed E-state index contributed by atoms with van der Waals surface area (Å²) in [5, 5.41) is 0.961. The fourth-order valence-electron chi connectivity index (χ4n) is 0.942. The quantitative estimate of drug-likeness (QED) is 0.765. The maximum atomic E-state index is 13.3. The fourth-order valence-corrected chi connectivity index (χ4v) is 1.45. The van der Waals surface area contributed by atoms with Gasteiger partial charge in [0.1, 0.15) is 5.82 Å². The van der Waals surface area contributed by atoms with Gasteiger partial charge >= 0.3 is 0 Å². The first-order chi connectivity index (χ1) is 6.57. The summed E-state index contributed by atoms with van der Waals surface area (Å²) < 4.78 is 13.7. The van der Waals surface area contributed by atoms with E-state index in [1.807, 2.05) is 0 Å². The summed E-state index contributed by atoms with van der Waals surface area (Å²) in [6, 6.07) is 4.34. The lowest BCUT2D eigenvalue weighted by Crippen LogP contribution is -2.26. The molecular formula is C9H9BrFNO2. The average Bonchev–Trinajstić information content (AvgIpc) is 2.16. The molecule has 0 aromatic heterocycles. The first kappa shape index (κ1) is 11.1. The van der Waals surface area contributed by atoms with E-state index in [-0.39, 0.29) is 5.56 Å². The highest BCUT2D eigenvalue weighted by atomic mass is 79.9. The second-order valence-electron chi connectivity index (χ2n) is 2.58. The number of carbonyl (C=O) groups excluding carboxylic acids is 1. The van der Waals surface area contributed by atoms with E-state index in [0.717, 1.165) is 5.06 Å². The molecule has 0 aliphatic rings. The van der Waals surface area contributed by atoms with Crippen molar-refractivity contribution in [1.82, 2.24) is 5.06 Å². The number of nitrogens with zero attached hydrogens (tertiary/aromatic N) is 1. The SMILES string of the molecule is CON(C)C(=O)c1c(F)cccc1Br. The van der Waals surface area contributed by atoms with Crippen LogP contribution in [0.2, 0.25) is 0 Å². The minimum atomic E-state index is -0.576. The first-order valence-electron chi connectivity index (χ1n) is 3.84. The predicted molar refractivity (Wildman–Crippen MR) is 53.2 cm³/mol. The van der Waals surface area contributed by atoms with E-state index in [4.69, 9.17) is 0 Å². The van der Waals surface area contributed by atoms with Crippen LogP contribution in [-0.2, 0) is 4.84 Å². The molecule has 0 aliphatic heterocycles. The molecule has 5 heteroatoms. The van der Waals surface area contributed by atoms with Crippen LogP contribution in [0.5, 0.6) is 0 Å². The summed E-state index contributed by atoms with van der Waals surface area (Å²) in [7, 11) is 2.76. The van der Waals surface area contributed by atoms with Crippen molar-refractivity contribution in [3.8, 4) is 0 Å². The Morgan fingerprint density at radius 1 is 1.57 bits per heavy atom. The van der Waals surface area contributed by atoms with E-state index in [1.54, 1.807) is 6.07 Å². The number of amides is 1. The molecule has 0 aliphatic carbocycles. The molecule has 14 heavy (non-hydrogen) atoms. The maximum absolute atomic E-state index is 13.3. The van der Waals surface area contributed by atoms with E-state index < -0.39 is 11.7 Å². The zero-order valence-corrected chi connectivity index (χ0v) is 9.34. The van der Waals surface area contributed by atoms with Gasteiger partial charge in [0.2, 0.25) is 0 Å². The van der Waals surface area contributed by atoms with Crippen molar-refractivity contribution >= 4 is 21.8 Å². The van der Waals surface area contributed by atoms with Crippen molar-refractivity contribution in [1.29, 1.82) is 0 Å².